The number of nitrogens with zero attached hydrogens (tertiary/aromatic N) is 2. The van der Waals surface area contributed by atoms with E-state index in [0.717, 1.165) is 49.9 Å². The first-order valence-electron chi connectivity index (χ1n) is 21.4. The number of rotatable bonds is 6. The third kappa shape index (κ3) is 5.79. The van der Waals surface area contributed by atoms with Gasteiger partial charge in [0.05, 0.1) is 22.3 Å². The smallest absolute Gasteiger partial charge is 0.149 e. The lowest BCUT2D eigenvalue weighted by Crippen LogP contribution is -2.39. The van der Waals surface area contributed by atoms with Crippen LogP contribution in [0.5, 0.6) is 0 Å². The Bertz CT molecular complexity index is 2780. The first-order valence-corrected chi connectivity index (χ1v) is 21.4. The second-order valence-corrected chi connectivity index (χ2v) is 18.4. The zero-order valence-electron chi connectivity index (χ0n) is 34.5. The second-order valence-electron chi connectivity index (χ2n) is 18.4. The fraction of sp³-hybridized carbons (Fsp3) is 0.315. The van der Waals surface area contributed by atoms with Gasteiger partial charge in [-0.15, -0.1) is 0 Å². The highest BCUT2D eigenvalue weighted by molar-refractivity contribution is 6.10. The summed E-state index contributed by atoms with van der Waals surface area (Å²) in [6.07, 6.45) is 9.22. The number of imidazole rings is 1. The molecule has 57 heavy (non-hydrogen) atoms. The topological polar surface area (TPSA) is 31.0 Å². The predicted octanol–water partition coefficient (Wildman–Crippen LogP) is 15.4. The maximum absolute atomic E-state index is 6.89. The summed E-state index contributed by atoms with van der Waals surface area (Å²) in [6, 6.07) is 44.7. The van der Waals surface area contributed by atoms with Crippen LogP contribution >= 0.6 is 0 Å². The molecule has 0 unspecified atom stereocenters. The van der Waals surface area contributed by atoms with E-state index in [1.54, 1.807) is 11.1 Å². The van der Waals surface area contributed by atoms with Gasteiger partial charge in [0.15, 0.2) is 0 Å². The Hall–Kier alpha value is -5.41. The van der Waals surface area contributed by atoms with Crippen LogP contribution in [-0.4, -0.2) is 9.55 Å². The van der Waals surface area contributed by atoms with Crippen LogP contribution in [0.15, 0.2) is 126 Å². The number of benzene rings is 6. The van der Waals surface area contributed by atoms with Gasteiger partial charge in [-0.3, -0.25) is 4.57 Å². The van der Waals surface area contributed by atoms with Gasteiger partial charge in [0, 0.05) is 10.8 Å². The summed E-state index contributed by atoms with van der Waals surface area (Å²) in [4.78, 5) is 5.46. The molecule has 2 aromatic heterocycles. The summed E-state index contributed by atoms with van der Waals surface area (Å²) in [5.41, 5.74) is 17.7. The van der Waals surface area contributed by atoms with Gasteiger partial charge in [-0.1, -0.05) is 140 Å². The number of fused-ring (bicyclic) bond motifs is 6. The molecule has 1 spiro atoms. The van der Waals surface area contributed by atoms with E-state index < -0.39 is 0 Å². The minimum absolute atomic E-state index is 0.168. The van der Waals surface area contributed by atoms with Crippen LogP contribution in [0.3, 0.4) is 0 Å². The lowest BCUT2D eigenvalue weighted by molar-refractivity contribution is 0.223. The Balaban J connectivity index is 1.22. The van der Waals surface area contributed by atoms with Crippen molar-refractivity contribution in [2.75, 3.05) is 0 Å². The van der Waals surface area contributed by atoms with Crippen molar-refractivity contribution in [2.24, 2.45) is 0 Å². The molecule has 0 atom stereocenters. The van der Waals surface area contributed by atoms with E-state index in [0.29, 0.717) is 0 Å². The number of aromatic nitrogens is 2. The molecule has 1 fully saturated rings. The zero-order valence-corrected chi connectivity index (χ0v) is 34.5. The summed E-state index contributed by atoms with van der Waals surface area (Å²) in [5.74, 6) is 1.48. The molecule has 0 radical (unpaired) electrons. The fourth-order valence-electron chi connectivity index (χ4n) is 10.7. The lowest BCUT2D eigenvalue weighted by atomic mass is 9.56. The Labute approximate surface area is 337 Å². The molecule has 8 aromatic rings. The highest BCUT2D eigenvalue weighted by Gasteiger charge is 2.44. The van der Waals surface area contributed by atoms with Gasteiger partial charge < -0.3 is 4.42 Å². The van der Waals surface area contributed by atoms with Gasteiger partial charge in [-0.2, -0.15) is 0 Å². The summed E-state index contributed by atoms with van der Waals surface area (Å²) in [5, 5.41) is 2.23. The molecule has 1 saturated carbocycles. The number of hydrogen-bond acceptors (Lipinski definition) is 2. The lowest BCUT2D eigenvalue weighted by Gasteiger charge is -2.48. The van der Waals surface area contributed by atoms with E-state index in [9.17, 15) is 0 Å². The van der Waals surface area contributed by atoms with Crippen molar-refractivity contribution < 1.29 is 4.42 Å². The van der Waals surface area contributed by atoms with E-state index in [4.69, 9.17) is 9.40 Å². The molecule has 3 heteroatoms. The maximum atomic E-state index is 6.89. The average Bonchev–Trinajstić information content (AvgIpc) is 3.81. The van der Waals surface area contributed by atoms with E-state index in [1.165, 1.54) is 78.5 Å². The van der Waals surface area contributed by atoms with Crippen molar-refractivity contribution >= 4 is 33.0 Å². The molecular formula is C54H54N2O. The summed E-state index contributed by atoms with van der Waals surface area (Å²) in [7, 11) is 0. The van der Waals surface area contributed by atoms with E-state index in [1.807, 2.05) is 0 Å². The molecule has 2 heterocycles. The number of furan rings is 1. The highest BCUT2D eigenvalue weighted by atomic mass is 16.3. The SMILES string of the molecule is CC(C)c1cc(-c2cccc3c2C2(CCCCC2)CCC3(C)C)cc(C(C)C)c1-n1c(-c2cccc3c2oc2cc(-c4ccccc4)ccc23)nc2ccccc21. The molecule has 6 aromatic carbocycles. The van der Waals surface area contributed by atoms with Crippen molar-refractivity contribution in [2.45, 2.75) is 109 Å². The molecule has 3 nitrogen and oxygen atoms in total. The van der Waals surface area contributed by atoms with Crippen LogP contribution in [0.4, 0.5) is 0 Å². The van der Waals surface area contributed by atoms with Crippen LogP contribution in [0, 0.1) is 0 Å². The van der Waals surface area contributed by atoms with Crippen molar-refractivity contribution in [3.63, 3.8) is 0 Å². The van der Waals surface area contributed by atoms with Crippen LogP contribution in [0.1, 0.15) is 121 Å². The molecule has 286 valence electrons. The fourth-order valence-corrected chi connectivity index (χ4v) is 10.7. The molecule has 2 aliphatic carbocycles. The Kier molecular flexibility index (Phi) is 8.59. The second kappa shape index (κ2) is 13.6. The van der Waals surface area contributed by atoms with Gasteiger partial charge >= 0.3 is 0 Å². The molecule has 0 bridgehead atoms. The first-order chi connectivity index (χ1) is 27.6. The minimum atomic E-state index is 0.168. The zero-order chi connectivity index (χ0) is 39.1. The summed E-state index contributed by atoms with van der Waals surface area (Å²) >= 11 is 0. The standard InChI is InChI=1S/C54H54N2O/c1-34(2)43-31-38(39-19-16-22-45-49(39)54(27-13-8-14-28-54)30-29-53(45,5)6)32-44(35(3)4)50(43)56-47-24-12-11-23-46(47)55-52(56)42-21-15-20-41-40-26-25-37(33-48(40)57-51(41)42)36-17-9-7-10-18-36/h7,9-12,15-26,31-35H,8,13-14,27-30H2,1-6H3. The van der Waals surface area contributed by atoms with E-state index >= 15 is 0 Å². The summed E-state index contributed by atoms with van der Waals surface area (Å²) in [6.45, 7) is 14.4. The van der Waals surface area contributed by atoms with Crippen molar-refractivity contribution in [3.05, 3.63) is 144 Å². The monoisotopic (exact) mass is 746 g/mol. The van der Waals surface area contributed by atoms with Crippen molar-refractivity contribution in [1.82, 2.24) is 9.55 Å². The number of hydrogen-bond donors (Lipinski definition) is 0. The normalized spacial score (nSPS) is 16.4. The van der Waals surface area contributed by atoms with E-state index in [2.05, 4.69) is 167 Å². The van der Waals surface area contributed by atoms with E-state index in [-0.39, 0.29) is 22.7 Å². The van der Waals surface area contributed by atoms with Crippen LogP contribution in [0.2, 0.25) is 0 Å². The molecule has 0 amide bonds. The molecule has 0 N–H and O–H groups in total. The Morgan fingerprint density at radius 1 is 0.596 bits per heavy atom. The predicted molar refractivity (Wildman–Crippen MR) is 240 cm³/mol. The maximum Gasteiger partial charge on any atom is 0.149 e. The Morgan fingerprint density at radius 2 is 1.30 bits per heavy atom. The van der Waals surface area contributed by atoms with Crippen LogP contribution in [0.25, 0.3) is 72.3 Å². The largest absolute Gasteiger partial charge is 0.455 e. The third-order valence-electron chi connectivity index (χ3n) is 13.7. The molecular weight excluding hydrogens is 693 g/mol. The molecule has 2 aliphatic rings. The van der Waals surface area contributed by atoms with Gasteiger partial charge in [-0.25, -0.2) is 4.98 Å². The quantitative estimate of drug-likeness (QED) is 0.170. The number of para-hydroxylation sites is 3. The highest BCUT2D eigenvalue weighted by Crippen LogP contribution is 2.56. The van der Waals surface area contributed by atoms with Gasteiger partial charge in [0.1, 0.15) is 17.0 Å². The first kappa shape index (κ1) is 36.0. The van der Waals surface area contributed by atoms with Crippen LogP contribution in [-0.2, 0) is 10.8 Å². The molecule has 0 aliphatic heterocycles. The average molecular weight is 747 g/mol. The van der Waals surface area contributed by atoms with Crippen LogP contribution < -0.4 is 0 Å². The van der Waals surface area contributed by atoms with Crippen molar-refractivity contribution in [1.29, 1.82) is 0 Å². The Morgan fingerprint density at radius 3 is 2.05 bits per heavy atom. The van der Waals surface area contributed by atoms with Gasteiger partial charge in [0.25, 0.3) is 0 Å². The minimum Gasteiger partial charge on any atom is -0.455 e. The van der Waals surface area contributed by atoms with Gasteiger partial charge in [-0.05, 0) is 135 Å². The molecule has 10 rings (SSSR count). The third-order valence-corrected chi connectivity index (χ3v) is 13.7. The molecule has 0 saturated heterocycles. The van der Waals surface area contributed by atoms with Crippen molar-refractivity contribution in [3.8, 4) is 39.3 Å². The van der Waals surface area contributed by atoms with Gasteiger partial charge in [0.2, 0.25) is 0 Å². The summed E-state index contributed by atoms with van der Waals surface area (Å²) < 4.78 is 9.36.